The number of nitrogens with zero attached hydrogens (tertiary/aromatic N) is 2. The zero-order chi connectivity index (χ0) is 22.4. The minimum atomic E-state index is -0.506. The normalized spacial score (nSPS) is 14.2. The topological polar surface area (TPSA) is 99.2 Å². The summed E-state index contributed by atoms with van der Waals surface area (Å²) in [6.07, 6.45) is 6.54. The number of nitrogen functional groups attached to an aromatic ring is 1. The molecule has 31 heavy (non-hydrogen) atoms. The van der Waals surface area contributed by atoms with Crippen LogP contribution in [0.25, 0.3) is 0 Å². The molecule has 1 unspecified atom stereocenters. The van der Waals surface area contributed by atoms with Gasteiger partial charge < -0.3 is 11.1 Å². The van der Waals surface area contributed by atoms with Crippen molar-refractivity contribution in [2.75, 3.05) is 10.6 Å². The highest BCUT2D eigenvalue weighted by Gasteiger charge is 2.20. The van der Waals surface area contributed by atoms with Gasteiger partial charge in [0.1, 0.15) is 11.6 Å². The number of hydrogen-bond donors (Lipinski definition) is 2. The molecule has 6 nitrogen and oxygen atoms in total. The molecule has 0 saturated carbocycles. The van der Waals surface area contributed by atoms with Crippen LogP contribution in [0.1, 0.15) is 55.8 Å². The maximum atomic E-state index is 12.9. The summed E-state index contributed by atoms with van der Waals surface area (Å²) in [7, 11) is 0. The second-order valence-corrected chi connectivity index (χ2v) is 7.80. The summed E-state index contributed by atoms with van der Waals surface area (Å²) < 4.78 is 0. The molecular formula is C25H28N4O2. The van der Waals surface area contributed by atoms with E-state index in [9.17, 15) is 14.9 Å². The molecule has 0 bridgehead atoms. The third-order valence-corrected chi connectivity index (χ3v) is 5.62. The highest BCUT2D eigenvalue weighted by Crippen LogP contribution is 2.26. The Kier molecular flexibility index (Phi) is 7.09. The van der Waals surface area contributed by atoms with Crippen molar-refractivity contribution in [3.8, 4) is 6.07 Å². The van der Waals surface area contributed by atoms with Crippen molar-refractivity contribution in [3.63, 3.8) is 0 Å². The molecule has 1 atom stereocenters. The van der Waals surface area contributed by atoms with E-state index in [1.807, 2.05) is 13.0 Å². The van der Waals surface area contributed by atoms with Gasteiger partial charge in [-0.3, -0.25) is 14.5 Å². The van der Waals surface area contributed by atoms with Gasteiger partial charge >= 0.3 is 0 Å². The van der Waals surface area contributed by atoms with Crippen LogP contribution in [0.3, 0.4) is 0 Å². The molecule has 1 aliphatic rings. The van der Waals surface area contributed by atoms with Crippen LogP contribution in [0, 0.1) is 11.3 Å². The Morgan fingerprint density at radius 3 is 2.45 bits per heavy atom. The molecule has 0 spiro atoms. The van der Waals surface area contributed by atoms with Crippen molar-refractivity contribution in [1.82, 2.24) is 5.32 Å². The summed E-state index contributed by atoms with van der Waals surface area (Å²) in [6, 6.07) is 14.8. The van der Waals surface area contributed by atoms with Crippen LogP contribution < -0.4 is 16.0 Å². The standard InChI is InChI=1S/C25H28N4O2/c1-3-24(20-9-8-18-6-4-5-7-19(18)14-20)28-25(31)21(15-26)16-29(17(2)30)23-12-10-22(27)11-13-23/h8-14,16,24H,3-7,27H2,1-2H3,(H,28,31)/b21-16-. The Labute approximate surface area is 183 Å². The molecular weight excluding hydrogens is 388 g/mol. The van der Waals surface area contributed by atoms with Crippen molar-refractivity contribution >= 4 is 23.2 Å². The fourth-order valence-corrected chi connectivity index (χ4v) is 3.88. The van der Waals surface area contributed by atoms with E-state index in [0.717, 1.165) is 18.4 Å². The predicted octanol–water partition coefficient (Wildman–Crippen LogP) is 4.18. The van der Waals surface area contributed by atoms with Gasteiger partial charge in [-0.15, -0.1) is 0 Å². The number of amides is 2. The second-order valence-electron chi connectivity index (χ2n) is 7.80. The summed E-state index contributed by atoms with van der Waals surface area (Å²) >= 11 is 0. The van der Waals surface area contributed by atoms with E-state index in [2.05, 4.69) is 23.5 Å². The fourth-order valence-electron chi connectivity index (χ4n) is 3.88. The maximum Gasteiger partial charge on any atom is 0.263 e. The number of nitrogens with one attached hydrogen (secondary N) is 1. The monoisotopic (exact) mass is 416 g/mol. The van der Waals surface area contributed by atoms with Gasteiger partial charge in [-0.2, -0.15) is 5.26 Å². The molecule has 0 aliphatic heterocycles. The average Bonchev–Trinajstić information content (AvgIpc) is 2.78. The van der Waals surface area contributed by atoms with Crippen molar-refractivity contribution in [2.24, 2.45) is 0 Å². The minimum absolute atomic E-state index is 0.136. The number of carbonyl (C=O) groups excluding carboxylic acids is 2. The van der Waals surface area contributed by atoms with Gasteiger partial charge in [-0.05, 0) is 73.1 Å². The molecule has 0 heterocycles. The fraction of sp³-hybridized carbons (Fsp3) is 0.320. The Balaban J connectivity index is 1.82. The molecule has 2 aromatic carbocycles. The number of carbonyl (C=O) groups is 2. The van der Waals surface area contributed by atoms with Crippen molar-refractivity contribution in [2.45, 2.75) is 52.0 Å². The Hall–Kier alpha value is -3.59. The third-order valence-electron chi connectivity index (χ3n) is 5.62. The quantitative estimate of drug-likeness (QED) is 0.419. The maximum absolute atomic E-state index is 12.9. The van der Waals surface area contributed by atoms with E-state index < -0.39 is 5.91 Å². The molecule has 6 heteroatoms. The Morgan fingerprint density at radius 1 is 1.16 bits per heavy atom. The lowest BCUT2D eigenvalue weighted by molar-refractivity contribution is -0.117. The Morgan fingerprint density at radius 2 is 1.84 bits per heavy atom. The van der Waals surface area contributed by atoms with Gasteiger partial charge in [0.2, 0.25) is 5.91 Å². The molecule has 0 fully saturated rings. The molecule has 160 valence electrons. The van der Waals surface area contributed by atoms with E-state index >= 15 is 0 Å². The van der Waals surface area contributed by atoms with E-state index in [1.165, 1.54) is 42.0 Å². The predicted molar refractivity (Wildman–Crippen MR) is 122 cm³/mol. The third kappa shape index (κ3) is 5.32. The number of hydrogen-bond acceptors (Lipinski definition) is 4. The van der Waals surface area contributed by atoms with E-state index in [1.54, 1.807) is 24.3 Å². The summed E-state index contributed by atoms with van der Waals surface area (Å²) in [5.74, 6) is -0.819. The summed E-state index contributed by atoms with van der Waals surface area (Å²) in [5, 5.41) is 12.6. The van der Waals surface area contributed by atoms with Crippen LogP contribution >= 0.6 is 0 Å². The largest absolute Gasteiger partial charge is 0.399 e. The number of anilines is 2. The summed E-state index contributed by atoms with van der Waals surface area (Å²) in [4.78, 5) is 26.3. The molecule has 0 radical (unpaired) electrons. The van der Waals surface area contributed by atoms with Crippen molar-refractivity contribution in [3.05, 3.63) is 70.9 Å². The molecule has 1 aliphatic carbocycles. The molecule has 3 rings (SSSR count). The molecule has 0 saturated heterocycles. The second kappa shape index (κ2) is 9.94. The highest BCUT2D eigenvalue weighted by molar-refractivity contribution is 6.01. The van der Waals surface area contributed by atoms with Gasteiger partial charge in [-0.25, -0.2) is 0 Å². The molecule has 3 N–H and O–H groups in total. The number of nitrogens with two attached hydrogens (primary N) is 1. The van der Waals surface area contributed by atoms with E-state index in [-0.39, 0.29) is 17.5 Å². The Bertz CT molecular complexity index is 1030. The van der Waals surface area contributed by atoms with Crippen LogP contribution in [-0.4, -0.2) is 11.8 Å². The van der Waals surface area contributed by atoms with Crippen LogP contribution in [0.2, 0.25) is 0 Å². The number of nitriles is 1. The smallest absolute Gasteiger partial charge is 0.263 e. The zero-order valence-electron chi connectivity index (χ0n) is 18.0. The van der Waals surface area contributed by atoms with E-state index in [4.69, 9.17) is 5.73 Å². The SMILES string of the molecule is CCC(NC(=O)/C(C#N)=C\N(C(C)=O)c1ccc(N)cc1)c1ccc2c(c1)CCCC2. The first-order valence-corrected chi connectivity index (χ1v) is 10.6. The van der Waals surface area contributed by atoms with Gasteiger partial charge in [-0.1, -0.05) is 25.1 Å². The van der Waals surface area contributed by atoms with Crippen molar-refractivity contribution in [1.29, 1.82) is 5.26 Å². The molecule has 2 amide bonds. The average molecular weight is 417 g/mol. The number of fused-ring (bicyclic) bond motifs is 1. The summed E-state index contributed by atoms with van der Waals surface area (Å²) in [6.45, 7) is 3.37. The van der Waals surface area contributed by atoms with Gasteiger partial charge in [0.25, 0.3) is 5.91 Å². The van der Waals surface area contributed by atoms with Crippen LogP contribution in [-0.2, 0) is 22.4 Å². The lowest BCUT2D eigenvalue weighted by Crippen LogP contribution is -2.31. The molecule has 2 aromatic rings. The zero-order valence-corrected chi connectivity index (χ0v) is 18.0. The van der Waals surface area contributed by atoms with Crippen LogP contribution in [0.4, 0.5) is 11.4 Å². The number of rotatable bonds is 6. The van der Waals surface area contributed by atoms with Gasteiger partial charge in [0.15, 0.2) is 0 Å². The first-order chi connectivity index (χ1) is 14.9. The molecule has 0 aromatic heterocycles. The van der Waals surface area contributed by atoms with Gasteiger partial charge in [0.05, 0.1) is 6.04 Å². The first kappa shape index (κ1) is 22.1. The highest BCUT2D eigenvalue weighted by atomic mass is 16.2. The lowest BCUT2D eigenvalue weighted by atomic mass is 9.88. The number of benzene rings is 2. The van der Waals surface area contributed by atoms with Gasteiger partial charge in [0, 0.05) is 24.5 Å². The van der Waals surface area contributed by atoms with Crippen LogP contribution in [0.5, 0.6) is 0 Å². The lowest BCUT2D eigenvalue weighted by Gasteiger charge is -2.22. The van der Waals surface area contributed by atoms with E-state index in [0.29, 0.717) is 17.8 Å². The minimum Gasteiger partial charge on any atom is -0.399 e. The summed E-state index contributed by atoms with van der Waals surface area (Å²) in [5.41, 5.74) is 10.4. The van der Waals surface area contributed by atoms with Crippen LogP contribution in [0.15, 0.2) is 54.2 Å². The number of aryl methyl sites for hydroxylation is 2. The first-order valence-electron chi connectivity index (χ1n) is 10.6. The van der Waals surface area contributed by atoms with Crippen molar-refractivity contribution < 1.29 is 9.59 Å².